The Morgan fingerprint density at radius 1 is 1.17 bits per heavy atom. The summed E-state index contributed by atoms with van der Waals surface area (Å²) in [5.74, 6) is 4.25. The summed E-state index contributed by atoms with van der Waals surface area (Å²) < 4.78 is 0. The van der Waals surface area contributed by atoms with Gasteiger partial charge in [-0.25, -0.2) is 0 Å². The van der Waals surface area contributed by atoms with E-state index in [2.05, 4.69) is 73.4 Å². The molecule has 0 N–H and O–H groups in total. The molecule has 1 aromatic rings. The number of rotatable bonds is 2. The van der Waals surface area contributed by atoms with Gasteiger partial charge in [0.15, 0.2) is 5.76 Å². The van der Waals surface area contributed by atoms with Crippen molar-refractivity contribution in [3.8, 4) is 11.5 Å². The minimum absolute atomic E-state index is 0.0409. The van der Waals surface area contributed by atoms with Crippen molar-refractivity contribution < 1.29 is 4.84 Å². The molecule has 0 radical (unpaired) electrons. The fourth-order valence-corrected chi connectivity index (χ4v) is 3.87. The smallest absolute Gasteiger partial charge is 0.159 e. The highest BCUT2D eigenvalue weighted by molar-refractivity contribution is 6.83. The van der Waals surface area contributed by atoms with Crippen LogP contribution in [0, 0.1) is 11.5 Å². The molecule has 3 rings (SSSR count). The number of hydrogen-bond acceptors (Lipinski definition) is 2. The molecule has 0 amide bonds. The highest BCUT2D eigenvalue weighted by Gasteiger charge is 2.46. The van der Waals surface area contributed by atoms with Crippen LogP contribution in [0.3, 0.4) is 0 Å². The highest BCUT2D eigenvalue weighted by atomic mass is 28.3. The minimum atomic E-state index is -1.34. The summed E-state index contributed by atoms with van der Waals surface area (Å²) in [7, 11) is -1.34. The quantitative estimate of drug-likeness (QED) is 0.555. The maximum Gasteiger partial charge on any atom is 0.159 e. The lowest BCUT2D eigenvalue weighted by Gasteiger charge is -2.38. The number of hydrogen-bond donors (Lipinski definition) is 0. The van der Waals surface area contributed by atoms with Crippen molar-refractivity contribution in [2.75, 3.05) is 6.54 Å². The summed E-state index contributed by atoms with van der Waals surface area (Å²) in [5, 5.41) is 2.17. The number of nitrogens with zero attached hydrogens (tertiary/aromatic N) is 1. The molecule has 1 atom stereocenters. The van der Waals surface area contributed by atoms with E-state index < -0.39 is 8.07 Å². The molecule has 2 aliphatic heterocycles. The molecule has 3 heteroatoms. The average molecular weight is 338 g/mol. The summed E-state index contributed by atoms with van der Waals surface area (Å²) in [5.41, 5.74) is 5.78. The number of fused-ring (bicyclic) bond motifs is 1. The highest BCUT2D eigenvalue weighted by Crippen LogP contribution is 2.45. The molecule has 0 spiro atoms. The van der Waals surface area contributed by atoms with E-state index in [1.54, 1.807) is 0 Å². The second-order valence-corrected chi connectivity index (χ2v) is 12.6. The maximum absolute atomic E-state index is 6.29. The van der Waals surface area contributed by atoms with Gasteiger partial charge in [-0.15, -0.1) is 10.6 Å². The van der Waals surface area contributed by atoms with E-state index >= 15 is 0 Å². The zero-order valence-electron chi connectivity index (χ0n) is 15.2. The number of hydroxylamine groups is 2. The molecular formula is C21H27NOSi. The molecule has 24 heavy (non-hydrogen) atoms. The van der Waals surface area contributed by atoms with E-state index in [9.17, 15) is 0 Å². The number of allylic oxidation sites excluding steroid dienone is 1. The van der Waals surface area contributed by atoms with Crippen LogP contribution in [0.25, 0.3) is 5.76 Å². The van der Waals surface area contributed by atoms with Crippen molar-refractivity contribution in [2.45, 2.75) is 51.4 Å². The summed E-state index contributed by atoms with van der Waals surface area (Å²) >= 11 is 0. The Morgan fingerprint density at radius 2 is 1.92 bits per heavy atom. The van der Waals surface area contributed by atoms with Crippen LogP contribution < -0.4 is 0 Å². The Balaban J connectivity index is 2.00. The molecular weight excluding hydrogens is 310 g/mol. The Hall–Kier alpha value is -1.76. The fourth-order valence-electron chi connectivity index (χ4n) is 3.35. The van der Waals surface area contributed by atoms with Crippen LogP contribution in [-0.2, 0) is 4.84 Å². The van der Waals surface area contributed by atoms with Crippen molar-refractivity contribution in [2.24, 2.45) is 0 Å². The zero-order valence-corrected chi connectivity index (χ0v) is 16.2. The zero-order chi connectivity index (χ0) is 17.2. The van der Waals surface area contributed by atoms with Gasteiger partial charge in [-0.3, -0.25) is 0 Å². The molecule has 1 unspecified atom stereocenters. The third-order valence-electron chi connectivity index (χ3n) is 4.67. The lowest BCUT2D eigenvalue weighted by atomic mass is 9.82. The Labute approximate surface area is 147 Å². The van der Waals surface area contributed by atoms with E-state index in [1.165, 1.54) is 18.4 Å². The van der Waals surface area contributed by atoms with Crippen LogP contribution in [-0.4, -0.2) is 25.2 Å². The second-order valence-electron chi connectivity index (χ2n) is 7.89. The van der Waals surface area contributed by atoms with Crippen LogP contribution in [0.15, 0.2) is 48.1 Å². The van der Waals surface area contributed by atoms with Gasteiger partial charge in [-0.1, -0.05) is 55.9 Å². The molecule has 2 aliphatic rings. The van der Waals surface area contributed by atoms with E-state index in [4.69, 9.17) is 4.84 Å². The molecule has 1 aromatic carbocycles. The largest absolute Gasteiger partial charge is 0.404 e. The Kier molecular flexibility index (Phi) is 4.71. The van der Waals surface area contributed by atoms with Crippen molar-refractivity contribution in [3.63, 3.8) is 0 Å². The Bertz CT molecular complexity index is 718. The van der Waals surface area contributed by atoms with Crippen LogP contribution in [0.1, 0.15) is 31.7 Å². The molecule has 0 aliphatic carbocycles. The average Bonchev–Trinajstić information content (AvgIpc) is 2.84. The minimum Gasteiger partial charge on any atom is -0.404 e. The summed E-state index contributed by atoms with van der Waals surface area (Å²) in [6, 6.07) is 10.4. The molecule has 2 heterocycles. The molecule has 1 fully saturated rings. The van der Waals surface area contributed by atoms with Gasteiger partial charge in [0.05, 0.1) is 5.54 Å². The van der Waals surface area contributed by atoms with Crippen LogP contribution in [0.2, 0.25) is 19.6 Å². The molecule has 126 valence electrons. The lowest BCUT2D eigenvalue weighted by Crippen LogP contribution is -2.46. The molecule has 0 bridgehead atoms. The maximum atomic E-state index is 6.29. The third kappa shape index (κ3) is 3.50. The van der Waals surface area contributed by atoms with Gasteiger partial charge in [0.1, 0.15) is 8.07 Å². The Morgan fingerprint density at radius 3 is 2.62 bits per heavy atom. The first-order chi connectivity index (χ1) is 11.4. The fraction of sp³-hybridized carbons (Fsp3) is 0.429. The molecule has 2 nitrogen and oxygen atoms in total. The van der Waals surface area contributed by atoms with Crippen molar-refractivity contribution in [3.05, 3.63) is 53.6 Å². The van der Waals surface area contributed by atoms with E-state index in [1.807, 2.05) is 12.1 Å². The predicted octanol–water partition coefficient (Wildman–Crippen LogP) is 5.02. The van der Waals surface area contributed by atoms with Crippen LogP contribution in [0.4, 0.5) is 0 Å². The van der Waals surface area contributed by atoms with Crippen LogP contribution in [0.5, 0.6) is 0 Å². The van der Waals surface area contributed by atoms with Crippen molar-refractivity contribution in [1.29, 1.82) is 0 Å². The molecule has 0 saturated carbocycles. The summed E-state index contributed by atoms with van der Waals surface area (Å²) in [6.07, 6.45) is 7.77. The van der Waals surface area contributed by atoms with Gasteiger partial charge >= 0.3 is 0 Å². The van der Waals surface area contributed by atoms with Crippen molar-refractivity contribution in [1.82, 2.24) is 5.06 Å². The lowest BCUT2D eigenvalue weighted by molar-refractivity contribution is -0.143. The second kappa shape index (κ2) is 6.62. The topological polar surface area (TPSA) is 12.5 Å². The van der Waals surface area contributed by atoms with Gasteiger partial charge < -0.3 is 4.84 Å². The van der Waals surface area contributed by atoms with Gasteiger partial charge in [0.25, 0.3) is 0 Å². The normalized spacial score (nSPS) is 24.5. The van der Waals surface area contributed by atoms with Gasteiger partial charge in [-0.2, -0.15) is 0 Å². The number of piperidine rings is 1. The first-order valence-corrected chi connectivity index (χ1v) is 12.4. The predicted molar refractivity (Wildman–Crippen MR) is 104 cm³/mol. The van der Waals surface area contributed by atoms with Gasteiger partial charge in [0.2, 0.25) is 0 Å². The number of benzene rings is 1. The molecule has 1 saturated heterocycles. The summed E-state index contributed by atoms with van der Waals surface area (Å²) in [4.78, 5) is 6.29. The standard InChI is InChI=1S/C21H27NOSi/c1-21-15-9-10-16-22(21)23-20(18-12-6-5-7-13-18)19(21)14-8-11-17-24(2,3)4/h5-8,12-14H,9-10,15-16H2,1-4H3/b14-8-. The molecule has 0 aromatic heterocycles. The first-order valence-electron chi connectivity index (χ1n) is 8.85. The van der Waals surface area contributed by atoms with Gasteiger partial charge in [-0.05, 0) is 38.3 Å². The summed E-state index contributed by atoms with van der Waals surface area (Å²) in [6.45, 7) is 10.1. The van der Waals surface area contributed by atoms with E-state index in [0.29, 0.717) is 0 Å². The third-order valence-corrected chi connectivity index (χ3v) is 5.56. The van der Waals surface area contributed by atoms with Crippen molar-refractivity contribution >= 4 is 13.8 Å². The van der Waals surface area contributed by atoms with Gasteiger partial charge in [0, 0.05) is 17.7 Å². The van der Waals surface area contributed by atoms with Crippen LogP contribution >= 0.6 is 0 Å². The van der Waals surface area contributed by atoms with E-state index in [0.717, 1.165) is 24.3 Å². The SMILES string of the molecule is CC12CCCCN1OC(c1ccccc1)=C2/C=C\C#C[Si](C)(C)C. The monoisotopic (exact) mass is 337 g/mol. The van der Waals surface area contributed by atoms with E-state index in [-0.39, 0.29) is 5.54 Å². The first kappa shape index (κ1) is 17.1.